The second kappa shape index (κ2) is 7.55. The third-order valence-electron chi connectivity index (χ3n) is 5.00. The topological polar surface area (TPSA) is 101 Å². The number of benzene rings is 2. The number of sulfonamides is 1. The van der Waals surface area contributed by atoms with Gasteiger partial charge in [-0.25, -0.2) is 0 Å². The van der Waals surface area contributed by atoms with Crippen molar-refractivity contribution in [3.63, 3.8) is 0 Å². The van der Waals surface area contributed by atoms with Crippen LogP contribution in [0, 0.1) is 5.92 Å². The summed E-state index contributed by atoms with van der Waals surface area (Å²) in [6.45, 7) is 4.55. The van der Waals surface area contributed by atoms with Gasteiger partial charge in [-0.15, -0.1) is 4.40 Å². The van der Waals surface area contributed by atoms with E-state index >= 15 is 0 Å². The van der Waals surface area contributed by atoms with E-state index in [2.05, 4.69) is 39.5 Å². The average Bonchev–Trinajstić information content (AvgIpc) is 2.67. The van der Waals surface area contributed by atoms with Crippen LogP contribution in [0.2, 0.25) is 0 Å². The summed E-state index contributed by atoms with van der Waals surface area (Å²) in [6, 6.07) is 11.9. The van der Waals surface area contributed by atoms with Crippen molar-refractivity contribution >= 4 is 48.4 Å². The molecule has 2 heterocycles. The summed E-state index contributed by atoms with van der Waals surface area (Å²) in [5.74, 6) is -0.119. The normalized spacial score (nSPS) is 15.0. The van der Waals surface area contributed by atoms with Crippen LogP contribution >= 0.6 is 15.9 Å². The van der Waals surface area contributed by atoms with Gasteiger partial charge in [0.15, 0.2) is 5.84 Å². The number of aromatic hydroxyl groups is 1. The van der Waals surface area contributed by atoms with Crippen LogP contribution in [0.4, 0.5) is 5.69 Å². The SMILES string of the molecule is CC(C)CCn1c(=O)c(C2=NS(=O)(=O)c3c(Br)cccc3N2)c(O)c2ccccc21. The van der Waals surface area contributed by atoms with Crippen molar-refractivity contribution in [2.75, 3.05) is 5.32 Å². The molecule has 2 aromatic carbocycles. The van der Waals surface area contributed by atoms with Crippen molar-refractivity contribution in [1.29, 1.82) is 0 Å². The van der Waals surface area contributed by atoms with Gasteiger partial charge in [-0.2, -0.15) is 8.42 Å². The number of fused-ring (bicyclic) bond motifs is 2. The molecule has 0 amide bonds. The lowest BCUT2D eigenvalue weighted by atomic mass is 10.1. The number of aryl methyl sites for hydroxylation is 1. The number of nitrogens with one attached hydrogen (secondary N) is 1. The Kier molecular flexibility index (Phi) is 5.19. The van der Waals surface area contributed by atoms with Crippen LogP contribution < -0.4 is 10.9 Å². The standard InChI is InChI=1S/C21H20BrN3O4S/c1-12(2)10-11-25-16-9-4-3-6-13(16)18(26)17(21(25)27)20-23-15-8-5-7-14(22)19(15)30(28,29)24-20/h3-9,12,26H,10-11H2,1-2H3,(H,23,24). The van der Waals surface area contributed by atoms with Crippen molar-refractivity contribution in [2.24, 2.45) is 10.3 Å². The van der Waals surface area contributed by atoms with Crippen molar-refractivity contribution in [1.82, 2.24) is 4.57 Å². The van der Waals surface area contributed by atoms with E-state index in [0.29, 0.717) is 27.8 Å². The summed E-state index contributed by atoms with van der Waals surface area (Å²) in [5.41, 5.74) is 0.222. The zero-order valence-electron chi connectivity index (χ0n) is 16.4. The number of amidine groups is 1. The predicted molar refractivity (Wildman–Crippen MR) is 121 cm³/mol. The van der Waals surface area contributed by atoms with Gasteiger partial charge in [0, 0.05) is 16.4 Å². The highest BCUT2D eigenvalue weighted by molar-refractivity contribution is 9.10. The lowest BCUT2D eigenvalue weighted by Crippen LogP contribution is -2.33. The van der Waals surface area contributed by atoms with Crippen LogP contribution in [-0.2, 0) is 16.6 Å². The molecule has 156 valence electrons. The summed E-state index contributed by atoms with van der Waals surface area (Å²) < 4.78 is 31.4. The lowest BCUT2D eigenvalue weighted by molar-refractivity contribution is 0.474. The molecule has 4 rings (SSSR count). The first-order chi connectivity index (χ1) is 14.2. The van der Waals surface area contributed by atoms with E-state index in [9.17, 15) is 18.3 Å². The minimum absolute atomic E-state index is 0.00541. The number of para-hydroxylation sites is 1. The van der Waals surface area contributed by atoms with Gasteiger partial charge in [0.2, 0.25) is 0 Å². The van der Waals surface area contributed by atoms with Crippen LogP contribution in [0.1, 0.15) is 25.8 Å². The van der Waals surface area contributed by atoms with E-state index in [1.54, 1.807) is 47.0 Å². The number of pyridine rings is 1. The van der Waals surface area contributed by atoms with Crippen molar-refractivity contribution < 1.29 is 13.5 Å². The number of anilines is 1. The van der Waals surface area contributed by atoms with Gasteiger partial charge in [0.05, 0.1) is 11.2 Å². The van der Waals surface area contributed by atoms with E-state index in [-0.39, 0.29) is 27.7 Å². The molecule has 3 aromatic rings. The molecule has 0 spiro atoms. The summed E-state index contributed by atoms with van der Waals surface area (Å²) in [7, 11) is -4.08. The first-order valence-electron chi connectivity index (χ1n) is 9.46. The summed E-state index contributed by atoms with van der Waals surface area (Å²) in [4.78, 5) is 13.4. The fraction of sp³-hybridized carbons (Fsp3) is 0.238. The molecule has 7 nitrogen and oxygen atoms in total. The Morgan fingerprint density at radius 3 is 2.63 bits per heavy atom. The Balaban J connectivity index is 1.98. The average molecular weight is 490 g/mol. The zero-order valence-corrected chi connectivity index (χ0v) is 18.8. The molecular formula is C21H20BrN3O4S. The van der Waals surface area contributed by atoms with Gasteiger partial charge < -0.3 is 15.0 Å². The minimum atomic E-state index is -4.08. The second-order valence-corrected chi connectivity index (χ2v) is 9.93. The molecular weight excluding hydrogens is 470 g/mol. The molecule has 1 aliphatic rings. The number of hydrogen-bond donors (Lipinski definition) is 2. The van der Waals surface area contributed by atoms with Gasteiger partial charge in [-0.3, -0.25) is 4.79 Å². The quantitative estimate of drug-likeness (QED) is 0.574. The van der Waals surface area contributed by atoms with Crippen LogP contribution in [0.25, 0.3) is 10.9 Å². The van der Waals surface area contributed by atoms with Gasteiger partial charge in [0.1, 0.15) is 16.2 Å². The predicted octanol–water partition coefficient (Wildman–Crippen LogP) is 4.08. The Bertz CT molecular complexity index is 1360. The van der Waals surface area contributed by atoms with Crippen molar-refractivity contribution in [3.8, 4) is 5.75 Å². The van der Waals surface area contributed by atoms with Gasteiger partial charge in [-0.05, 0) is 52.5 Å². The summed E-state index contributed by atoms with van der Waals surface area (Å²) in [5, 5.41) is 14.3. The number of rotatable bonds is 4. The molecule has 0 radical (unpaired) electrons. The van der Waals surface area contributed by atoms with Crippen LogP contribution in [-0.4, -0.2) is 23.9 Å². The Morgan fingerprint density at radius 1 is 1.17 bits per heavy atom. The van der Waals surface area contributed by atoms with Crippen LogP contribution in [0.5, 0.6) is 5.75 Å². The van der Waals surface area contributed by atoms with E-state index in [1.807, 2.05) is 0 Å². The van der Waals surface area contributed by atoms with Gasteiger partial charge in [-0.1, -0.05) is 32.0 Å². The van der Waals surface area contributed by atoms with Gasteiger partial charge >= 0.3 is 0 Å². The molecule has 0 saturated carbocycles. The van der Waals surface area contributed by atoms with E-state index in [0.717, 1.165) is 6.42 Å². The van der Waals surface area contributed by atoms with Crippen molar-refractivity contribution in [2.45, 2.75) is 31.7 Å². The maximum Gasteiger partial charge on any atom is 0.287 e. The van der Waals surface area contributed by atoms with Gasteiger partial charge in [0.25, 0.3) is 15.6 Å². The van der Waals surface area contributed by atoms with Crippen LogP contribution in [0.15, 0.2) is 61.0 Å². The molecule has 9 heteroatoms. The van der Waals surface area contributed by atoms with E-state index < -0.39 is 15.6 Å². The molecule has 0 saturated heterocycles. The van der Waals surface area contributed by atoms with E-state index in [4.69, 9.17) is 0 Å². The molecule has 1 aliphatic heterocycles. The Hall–Kier alpha value is -2.65. The minimum Gasteiger partial charge on any atom is -0.506 e. The molecule has 0 bridgehead atoms. The zero-order chi connectivity index (χ0) is 21.6. The smallest absolute Gasteiger partial charge is 0.287 e. The molecule has 2 N–H and O–H groups in total. The Labute approximate surface area is 182 Å². The molecule has 1 aromatic heterocycles. The number of hydrogen-bond acceptors (Lipinski definition) is 5. The second-order valence-electron chi connectivity index (χ2n) is 7.54. The maximum absolute atomic E-state index is 13.4. The summed E-state index contributed by atoms with van der Waals surface area (Å²) >= 11 is 3.24. The monoisotopic (exact) mass is 489 g/mol. The molecule has 0 aliphatic carbocycles. The third kappa shape index (κ3) is 3.41. The number of aromatic nitrogens is 1. The first kappa shape index (κ1) is 20.6. The van der Waals surface area contributed by atoms with E-state index in [1.165, 1.54) is 0 Å². The van der Waals surface area contributed by atoms with Crippen LogP contribution in [0.3, 0.4) is 0 Å². The fourth-order valence-electron chi connectivity index (χ4n) is 3.51. The highest BCUT2D eigenvalue weighted by atomic mass is 79.9. The lowest BCUT2D eigenvalue weighted by Gasteiger charge is -2.21. The third-order valence-corrected chi connectivity index (χ3v) is 7.30. The van der Waals surface area contributed by atoms with Crippen molar-refractivity contribution in [3.05, 3.63) is 62.9 Å². The molecule has 0 unspecified atom stereocenters. The summed E-state index contributed by atoms with van der Waals surface area (Å²) in [6.07, 6.45) is 0.752. The number of halogens is 1. The highest BCUT2D eigenvalue weighted by Crippen LogP contribution is 2.36. The molecule has 30 heavy (non-hydrogen) atoms. The highest BCUT2D eigenvalue weighted by Gasteiger charge is 2.31. The molecule has 0 atom stereocenters. The fourth-order valence-corrected chi connectivity index (χ4v) is 5.67. The number of nitrogens with zero attached hydrogens (tertiary/aromatic N) is 2. The maximum atomic E-state index is 13.4. The Morgan fingerprint density at radius 2 is 1.90 bits per heavy atom. The molecule has 0 fully saturated rings. The first-order valence-corrected chi connectivity index (χ1v) is 11.7. The largest absolute Gasteiger partial charge is 0.506 e.